The topological polar surface area (TPSA) is 98.9 Å². The molecule has 2 N–H and O–H groups in total. The first-order valence-corrected chi connectivity index (χ1v) is 16.5. The molecule has 1 aliphatic rings. The maximum atomic E-state index is 13.3. The summed E-state index contributed by atoms with van der Waals surface area (Å²) in [5, 5.41) is 20.6. The van der Waals surface area contributed by atoms with Gasteiger partial charge in [-0.15, -0.1) is 23.2 Å². The summed E-state index contributed by atoms with van der Waals surface area (Å²) in [6, 6.07) is 15.0. The fraction of sp³-hybridized carbons (Fsp3) is 0.400. The van der Waals surface area contributed by atoms with E-state index in [1.807, 2.05) is 39.1 Å². The Morgan fingerprint density at radius 1 is 0.956 bits per heavy atom. The number of imidazole rings is 1. The Bertz CT molecular complexity index is 1710. The molecule has 1 amide bonds. The van der Waals surface area contributed by atoms with Gasteiger partial charge in [0.25, 0.3) is 5.91 Å². The van der Waals surface area contributed by atoms with Gasteiger partial charge in [0.05, 0.1) is 16.6 Å². The lowest BCUT2D eigenvalue weighted by Gasteiger charge is -2.22. The van der Waals surface area contributed by atoms with Crippen molar-refractivity contribution in [3.63, 3.8) is 0 Å². The molecule has 0 spiro atoms. The first-order valence-electron chi connectivity index (χ1n) is 15.4. The van der Waals surface area contributed by atoms with Crippen molar-refractivity contribution in [3.05, 3.63) is 82.2 Å². The average molecular weight is 652 g/mol. The molecule has 2 heterocycles. The summed E-state index contributed by atoms with van der Waals surface area (Å²) < 4.78 is 2.09. The highest BCUT2D eigenvalue weighted by Crippen LogP contribution is 2.34. The number of phenols is 2. The van der Waals surface area contributed by atoms with Crippen LogP contribution in [-0.4, -0.2) is 61.2 Å². The molecule has 4 aromatic rings. The third-order valence-electron chi connectivity index (χ3n) is 8.57. The molecule has 5 rings (SSSR count). The number of aryl methyl sites for hydroxylation is 2. The minimum absolute atomic E-state index is 0.00353. The Morgan fingerprint density at radius 2 is 1.69 bits per heavy atom. The van der Waals surface area contributed by atoms with E-state index in [1.165, 1.54) is 6.07 Å². The predicted molar refractivity (Wildman–Crippen MR) is 180 cm³/mol. The van der Waals surface area contributed by atoms with Gasteiger partial charge in [-0.25, -0.2) is 4.98 Å². The molecule has 1 aromatic heterocycles. The second kappa shape index (κ2) is 14.1. The zero-order valence-corrected chi connectivity index (χ0v) is 27.5. The minimum atomic E-state index is -0.288. The average Bonchev–Trinajstić information content (AvgIpc) is 3.56. The van der Waals surface area contributed by atoms with E-state index in [1.54, 1.807) is 11.0 Å². The van der Waals surface area contributed by atoms with Gasteiger partial charge in [-0.05, 0) is 58.9 Å². The molecule has 45 heavy (non-hydrogen) atoms. The highest BCUT2D eigenvalue weighted by molar-refractivity contribution is 6.18. The zero-order chi connectivity index (χ0) is 32.2. The van der Waals surface area contributed by atoms with Gasteiger partial charge in [-0.3, -0.25) is 9.59 Å². The van der Waals surface area contributed by atoms with E-state index in [4.69, 9.17) is 28.2 Å². The molecule has 0 aliphatic carbocycles. The number of ketones is 1. The van der Waals surface area contributed by atoms with Gasteiger partial charge in [0.15, 0.2) is 0 Å². The summed E-state index contributed by atoms with van der Waals surface area (Å²) in [6.07, 6.45) is 2.19. The second-order valence-electron chi connectivity index (χ2n) is 12.0. The fourth-order valence-electron chi connectivity index (χ4n) is 6.09. The molecular formula is C35H40Cl2N4O4. The summed E-state index contributed by atoms with van der Waals surface area (Å²) in [7, 11) is 2.01. The Morgan fingerprint density at radius 3 is 2.40 bits per heavy atom. The molecule has 1 aliphatic heterocycles. The number of alkyl halides is 2. The van der Waals surface area contributed by atoms with Gasteiger partial charge in [0, 0.05) is 76.0 Å². The van der Waals surface area contributed by atoms with Crippen molar-refractivity contribution in [2.45, 2.75) is 58.5 Å². The number of nitrogens with zero attached hydrogens (tertiary/aromatic N) is 4. The first-order chi connectivity index (χ1) is 21.6. The van der Waals surface area contributed by atoms with E-state index in [0.717, 1.165) is 39.2 Å². The van der Waals surface area contributed by atoms with Gasteiger partial charge in [-0.1, -0.05) is 32.0 Å². The Balaban J connectivity index is 1.17. The monoisotopic (exact) mass is 650 g/mol. The standard InChI is InChI=1S/C35H40Cl2N4O4/c1-22(2)28-18-29(33(44)19-32(28)43)35(45)41-20-24-8-7-23(15-25(24)21-41)16-27(42)5-4-6-34-38-30-17-26(9-10-31(30)39(34)3)40(13-11-36)14-12-37/h7-10,15,17-19,22,43-44H,4-6,11-14,16,20-21H2,1-3H3. The first kappa shape index (κ1) is 32.6. The van der Waals surface area contributed by atoms with Crippen LogP contribution in [0.5, 0.6) is 11.5 Å². The lowest BCUT2D eigenvalue weighted by atomic mass is 9.98. The number of Topliss-reactive ketones (excluding diaryl/α,β-unsaturated/α-hetero) is 1. The second-order valence-corrected chi connectivity index (χ2v) is 12.8. The number of anilines is 1. The van der Waals surface area contributed by atoms with E-state index >= 15 is 0 Å². The van der Waals surface area contributed by atoms with Crippen molar-refractivity contribution in [1.29, 1.82) is 0 Å². The number of carbonyl (C=O) groups excluding carboxylic acids is 2. The van der Waals surface area contributed by atoms with E-state index in [-0.39, 0.29) is 34.7 Å². The number of hydrogen-bond acceptors (Lipinski definition) is 6. The number of fused-ring (bicyclic) bond motifs is 2. The number of hydrogen-bond donors (Lipinski definition) is 2. The summed E-state index contributed by atoms with van der Waals surface area (Å²) >= 11 is 12.0. The number of carbonyl (C=O) groups is 2. The lowest BCUT2D eigenvalue weighted by molar-refractivity contribution is -0.118. The van der Waals surface area contributed by atoms with Crippen molar-refractivity contribution >= 4 is 51.6 Å². The van der Waals surface area contributed by atoms with Crippen LogP contribution in [0, 0.1) is 0 Å². The molecule has 238 valence electrons. The molecule has 0 fully saturated rings. The smallest absolute Gasteiger partial charge is 0.258 e. The Labute approximate surface area is 274 Å². The number of aromatic hydroxyl groups is 2. The highest BCUT2D eigenvalue weighted by Gasteiger charge is 2.27. The third kappa shape index (κ3) is 7.23. The number of phenolic OH excluding ortho intramolecular Hbond substituents is 2. The third-order valence-corrected chi connectivity index (χ3v) is 8.90. The van der Waals surface area contributed by atoms with Crippen LogP contribution in [0.15, 0.2) is 48.5 Å². The van der Waals surface area contributed by atoms with Crippen LogP contribution in [0.3, 0.4) is 0 Å². The van der Waals surface area contributed by atoms with Gasteiger partial charge in [0.2, 0.25) is 0 Å². The van der Waals surface area contributed by atoms with Crippen LogP contribution in [0.4, 0.5) is 5.69 Å². The van der Waals surface area contributed by atoms with Crippen molar-refractivity contribution in [2.75, 3.05) is 29.7 Å². The highest BCUT2D eigenvalue weighted by atomic mass is 35.5. The number of halogens is 2. The molecular weight excluding hydrogens is 611 g/mol. The summed E-state index contributed by atoms with van der Waals surface area (Å²) in [4.78, 5) is 35.0. The number of amides is 1. The van der Waals surface area contributed by atoms with E-state index in [2.05, 4.69) is 27.7 Å². The quantitative estimate of drug-likeness (QED) is 0.157. The van der Waals surface area contributed by atoms with Crippen LogP contribution in [0.25, 0.3) is 11.0 Å². The van der Waals surface area contributed by atoms with Gasteiger partial charge >= 0.3 is 0 Å². The summed E-state index contributed by atoms with van der Waals surface area (Å²) in [5.74, 6) is 1.61. The van der Waals surface area contributed by atoms with Crippen LogP contribution < -0.4 is 4.90 Å². The summed E-state index contributed by atoms with van der Waals surface area (Å²) in [5.41, 5.74) is 6.76. The number of benzene rings is 3. The number of rotatable bonds is 13. The van der Waals surface area contributed by atoms with Crippen molar-refractivity contribution in [3.8, 4) is 11.5 Å². The molecule has 10 heteroatoms. The van der Waals surface area contributed by atoms with Gasteiger partial charge in [0.1, 0.15) is 23.1 Å². The van der Waals surface area contributed by atoms with Gasteiger partial charge in [-0.2, -0.15) is 0 Å². The molecule has 0 radical (unpaired) electrons. The normalized spacial score (nSPS) is 12.7. The maximum Gasteiger partial charge on any atom is 0.258 e. The minimum Gasteiger partial charge on any atom is -0.508 e. The van der Waals surface area contributed by atoms with Crippen LogP contribution in [-0.2, 0) is 37.8 Å². The molecule has 0 saturated carbocycles. The maximum absolute atomic E-state index is 13.3. The molecule has 0 unspecified atom stereocenters. The lowest BCUT2D eigenvalue weighted by Crippen LogP contribution is -2.27. The Hall–Kier alpha value is -3.75. The van der Waals surface area contributed by atoms with Crippen LogP contribution >= 0.6 is 23.2 Å². The zero-order valence-electron chi connectivity index (χ0n) is 26.0. The largest absolute Gasteiger partial charge is 0.508 e. The van der Waals surface area contributed by atoms with E-state index in [0.29, 0.717) is 69.2 Å². The van der Waals surface area contributed by atoms with Crippen LogP contribution in [0.1, 0.15) is 71.0 Å². The molecule has 0 bridgehead atoms. The summed E-state index contributed by atoms with van der Waals surface area (Å²) in [6.45, 7) is 6.10. The fourth-order valence-corrected chi connectivity index (χ4v) is 6.50. The Kier molecular flexibility index (Phi) is 10.2. The van der Waals surface area contributed by atoms with E-state index < -0.39 is 0 Å². The van der Waals surface area contributed by atoms with Crippen molar-refractivity contribution in [1.82, 2.24) is 14.5 Å². The van der Waals surface area contributed by atoms with Crippen molar-refractivity contribution in [2.24, 2.45) is 7.05 Å². The van der Waals surface area contributed by atoms with Gasteiger partial charge < -0.3 is 24.6 Å². The predicted octanol–water partition coefficient (Wildman–Crippen LogP) is 6.68. The SMILES string of the molecule is CC(C)c1cc(C(=O)N2Cc3ccc(CC(=O)CCCc4nc5cc(N(CCCl)CCCl)ccc5n4C)cc3C2)c(O)cc1O. The molecule has 0 atom stereocenters. The molecule has 3 aromatic carbocycles. The molecule has 8 nitrogen and oxygen atoms in total. The number of aromatic nitrogens is 2. The van der Waals surface area contributed by atoms with Crippen LogP contribution in [0.2, 0.25) is 0 Å². The van der Waals surface area contributed by atoms with E-state index in [9.17, 15) is 19.8 Å². The van der Waals surface area contributed by atoms with Crippen molar-refractivity contribution < 1.29 is 19.8 Å². The molecule has 0 saturated heterocycles.